The molecule has 1 aromatic rings. The van der Waals surface area contributed by atoms with Crippen LogP contribution in [-0.2, 0) is 9.05 Å². The van der Waals surface area contributed by atoms with Gasteiger partial charge in [-0.3, -0.25) is 0 Å². The van der Waals surface area contributed by atoms with Crippen LogP contribution in [-0.4, -0.2) is 20.5 Å². The molecular formula is C7H5ClF2INO3S. The van der Waals surface area contributed by atoms with Gasteiger partial charge in [-0.1, -0.05) is 0 Å². The number of hydrogen-bond acceptors (Lipinski definition) is 4. The molecule has 1 heterocycles. The number of alkyl halides is 2. The van der Waals surface area contributed by atoms with Gasteiger partial charge in [0.2, 0.25) is 0 Å². The third-order valence-electron chi connectivity index (χ3n) is 1.59. The highest BCUT2D eigenvalue weighted by molar-refractivity contribution is 14.1. The Hall–Kier alpha value is -0.220. The lowest BCUT2D eigenvalue weighted by Gasteiger charge is -2.08. The first-order valence-electron chi connectivity index (χ1n) is 3.74. The van der Waals surface area contributed by atoms with Crippen LogP contribution in [0.15, 0.2) is 11.1 Å². The van der Waals surface area contributed by atoms with Crippen LogP contribution in [0.3, 0.4) is 0 Å². The molecule has 0 aliphatic rings. The summed E-state index contributed by atoms with van der Waals surface area (Å²) in [6.45, 7) is 0. The van der Waals surface area contributed by atoms with E-state index < -0.39 is 26.2 Å². The summed E-state index contributed by atoms with van der Waals surface area (Å²) in [5.74, 6) is -0.00914. The number of ether oxygens (including phenoxy) is 1. The predicted octanol–water partition coefficient (Wildman–Crippen LogP) is 2.56. The van der Waals surface area contributed by atoms with E-state index in [9.17, 15) is 17.2 Å². The summed E-state index contributed by atoms with van der Waals surface area (Å²) in [5, 5.41) is -0.621. The van der Waals surface area contributed by atoms with E-state index in [0.717, 1.165) is 6.07 Å². The van der Waals surface area contributed by atoms with Gasteiger partial charge >= 0.3 is 0 Å². The van der Waals surface area contributed by atoms with Crippen LogP contribution in [0.4, 0.5) is 8.78 Å². The molecule has 0 amide bonds. The fourth-order valence-corrected chi connectivity index (χ4v) is 3.54. The third kappa shape index (κ3) is 2.92. The van der Waals surface area contributed by atoms with E-state index in [0.29, 0.717) is 0 Å². The fraction of sp³-hybridized carbons (Fsp3) is 0.286. The molecule has 0 aliphatic heterocycles. The van der Waals surface area contributed by atoms with E-state index in [2.05, 4.69) is 4.98 Å². The number of nitrogens with zero attached hydrogens (tertiary/aromatic N) is 1. The minimum atomic E-state index is -4.18. The molecule has 4 nitrogen and oxygen atoms in total. The number of pyridine rings is 1. The van der Waals surface area contributed by atoms with Gasteiger partial charge < -0.3 is 4.74 Å². The molecule has 0 atom stereocenters. The van der Waals surface area contributed by atoms with E-state index in [4.69, 9.17) is 15.4 Å². The number of hydrogen-bond donors (Lipinski definition) is 0. The van der Waals surface area contributed by atoms with Crippen molar-refractivity contribution in [1.29, 1.82) is 0 Å². The average Bonchev–Trinajstić information content (AvgIpc) is 2.15. The monoisotopic (exact) mass is 383 g/mol. The van der Waals surface area contributed by atoms with E-state index in [1.54, 1.807) is 22.6 Å². The second-order valence-electron chi connectivity index (χ2n) is 2.61. The number of aromatic nitrogens is 1. The number of methoxy groups -OCH3 is 1. The highest BCUT2D eigenvalue weighted by atomic mass is 127. The summed E-state index contributed by atoms with van der Waals surface area (Å²) in [6, 6.07) is 0.970. The zero-order valence-electron chi connectivity index (χ0n) is 7.75. The minimum absolute atomic E-state index is 0.00914. The summed E-state index contributed by atoms with van der Waals surface area (Å²) >= 11 is 1.61. The summed E-state index contributed by atoms with van der Waals surface area (Å²) < 4.78 is 51.9. The Morgan fingerprint density at radius 2 is 2.12 bits per heavy atom. The van der Waals surface area contributed by atoms with Gasteiger partial charge in [0.25, 0.3) is 15.5 Å². The van der Waals surface area contributed by atoms with Crippen molar-refractivity contribution in [2.24, 2.45) is 0 Å². The molecular weight excluding hydrogens is 379 g/mol. The van der Waals surface area contributed by atoms with Crippen molar-refractivity contribution in [2.45, 2.75) is 11.5 Å². The molecule has 9 heteroatoms. The highest BCUT2D eigenvalue weighted by Gasteiger charge is 2.23. The van der Waals surface area contributed by atoms with Crippen LogP contribution in [0.2, 0.25) is 0 Å². The van der Waals surface area contributed by atoms with Gasteiger partial charge in [-0.2, -0.15) is 0 Å². The average molecular weight is 384 g/mol. The second-order valence-corrected chi connectivity index (χ2v) is 6.17. The van der Waals surface area contributed by atoms with Gasteiger partial charge in [0.1, 0.15) is 11.4 Å². The lowest BCUT2D eigenvalue weighted by Crippen LogP contribution is -2.05. The van der Waals surface area contributed by atoms with Gasteiger partial charge in [0, 0.05) is 16.7 Å². The molecule has 16 heavy (non-hydrogen) atoms. The summed E-state index contributed by atoms with van der Waals surface area (Å²) in [5.41, 5.74) is -0.698. The molecule has 0 saturated carbocycles. The van der Waals surface area contributed by atoms with E-state index >= 15 is 0 Å². The Morgan fingerprint density at radius 1 is 1.56 bits per heavy atom. The van der Waals surface area contributed by atoms with Crippen molar-refractivity contribution in [2.75, 3.05) is 7.11 Å². The number of rotatable bonds is 3. The Labute approximate surface area is 109 Å². The highest BCUT2D eigenvalue weighted by Crippen LogP contribution is 2.31. The lowest BCUT2D eigenvalue weighted by atomic mass is 10.3. The molecule has 0 spiro atoms. The Morgan fingerprint density at radius 3 is 2.50 bits per heavy atom. The molecule has 0 fully saturated rings. The summed E-state index contributed by atoms with van der Waals surface area (Å²) in [7, 11) is 2.13. The predicted molar refractivity (Wildman–Crippen MR) is 61.5 cm³/mol. The second kappa shape index (κ2) is 4.96. The standard InChI is InChI=1S/C7H5ClF2INO3S/c1-15-4-2-3(6(9)10)12-7(5(4)11)16(8,13)14/h2,6H,1H3. The van der Waals surface area contributed by atoms with Gasteiger partial charge in [-0.25, -0.2) is 22.2 Å². The zero-order valence-corrected chi connectivity index (χ0v) is 11.5. The Bertz CT molecular complexity index is 509. The van der Waals surface area contributed by atoms with Crippen LogP contribution >= 0.6 is 33.3 Å². The van der Waals surface area contributed by atoms with Gasteiger partial charge in [-0.05, 0) is 22.6 Å². The lowest BCUT2D eigenvalue weighted by molar-refractivity contribution is 0.144. The molecule has 0 bridgehead atoms. The van der Waals surface area contributed by atoms with Crippen molar-refractivity contribution >= 4 is 42.3 Å². The quantitative estimate of drug-likeness (QED) is 0.595. The van der Waals surface area contributed by atoms with Crippen molar-refractivity contribution in [3.05, 3.63) is 15.3 Å². The smallest absolute Gasteiger partial charge is 0.280 e. The van der Waals surface area contributed by atoms with E-state index in [-0.39, 0.29) is 9.32 Å². The van der Waals surface area contributed by atoms with Crippen molar-refractivity contribution in [3.8, 4) is 5.75 Å². The first-order valence-corrected chi connectivity index (χ1v) is 7.13. The first kappa shape index (κ1) is 13.8. The van der Waals surface area contributed by atoms with Gasteiger partial charge in [0.05, 0.1) is 10.7 Å². The molecule has 1 rings (SSSR count). The molecule has 90 valence electrons. The molecule has 0 aromatic carbocycles. The van der Waals surface area contributed by atoms with Crippen molar-refractivity contribution < 1.29 is 21.9 Å². The third-order valence-corrected chi connectivity index (χ3v) is 4.19. The van der Waals surface area contributed by atoms with Crippen LogP contribution in [0.25, 0.3) is 0 Å². The first-order chi connectivity index (χ1) is 7.27. The molecule has 0 saturated heterocycles. The van der Waals surface area contributed by atoms with Crippen LogP contribution in [0.5, 0.6) is 5.75 Å². The molecule has 0 unspecified atom stereocenters. The Kier molecular flexibility index (Phi) is 4.29. The van der Waals surface area contributed by atoms with Crippen molar-refractivity contribution in [3.63, 3.8) is 0 Å². The maximum absolute atomic E-state index is 12.4. The largest absolute Gasteiger partial charge is 0.495 e. The zero-order chi connectivity index (χ0) is 12.5. The summed E-state index contributed by atoms with van der Waals surface area (Å²) in [4.78, 5) is 3.29. The fourth-order valence-electron chi connectivity index (χ4n) is 0.924. The molecule has 0 aliphatic carbocycles. The van der Waals surface area contributed by atoms with Crippen LogP contribution in [0.1, 0.15) is 12.1 Å². The van der Waals surface area contributed by atoms with E-state index in [1.807, 2.05) is 0 Å². The maximum Gasteiger partial charge on any atom is 0.280 e. The van der Waals surface area contributed by atoms with E-state index in [1.165, 1.54) is 7.11 Å². The van der Waals surface area contributed by atoms with Gasteiger partial charge in [-0.15, -0.1) is 0 Å². The SMILES string of the molecule is COc1cc(C(F)F)nc(S(=O)(=O)Cl)c1I. The van der Waals surface area contributed by atoms with Crippen LogP contribution < -0.4 is 4.74 Å². The molecule has 0 radical (unpaired) electrons. The Balaban J connectivity index is 3.55. The molecule has 1 aromatic heterocycles. The summed E-state index contributed by atoms with van der Waals surface area (Å²) in [6.07, 6.45) is -2.90. The number of halogens is 4. The van der Waals surface area contributed by atoms with Gasteiger partial charge in [0.15, 0.2) is 5.03 Å². The van der Waals surface area contributed by atoms with Crippen LogP contribution in [0, 0.1) is 3.57 Å². The normalized spacial score (nSPS) is 11.9. The topological polar surface area (TPSA) is 56.3 Å². The van der Waals surface area contributed by atoms with Crippen molar-refractivity contribution in [1.82, 2.24) is 4.98 Å². The minimum Gasteiger partial charge on any atom is -0.495 e. The maximum atomic E-state index is 12.4. The molecule has 0 N–H and O–H groups in total.